The molecule has 0 amide bonds. The average molecular weight is 1260 g/mol. The predicted molar refractivity (Wildman–Crippen MR) is 257 cm³/mol. The maximum absolute atomic E-state index is 7.61. The molecule has 0 spiro atoms. The number of aliphatic hydroxyl groups is 8. The standard InChI is InChI=1S/2C21H21P.4C2H6O2.2Hg/c2*1-16-10-4-7-13-19(16)22(20-14-8-5-11-17(20)2)21-15-9-6-12-18(21)3;4*1-2(3)4;;/h2*4-15H,1-3H3;4*2-4H,1H3;;/p+2. The van der Waals surface area contributed by atoms with E-state index in [0.717, 1.165) is 0 Å². The molecule has 328 valence electrons. The van der Waals surface area contributed by atoms with Crippen molar-refractivity contribution in [3.05, 3.63) is 179 Å². The zero-order valence-electron chi connectivity index (χ0n) is 38.2. The predicted octanol–water partition coefficient (Wildman–Crippen LogP) is 5.47. The first-order valence-electron chi connectivity index (χ1n) is 19.8. The van der Waals surface area contributed by atoms with Crippen molar-refractivity contribution in [3.8, 4) is 0 Å². The normalized spacial score (nSPS) is 10.1. The molecule has 0 saturated carbocycles. The van der Waals surface area contributed by atoms with E-state index in [0.29, 0.717) is 0 Å². The van der Waals surface area contributed by atoms with Crippen molar-refractivity contribution in [1.82, 2.24) is 0 Å². The fraction of sp³-hybridized carbons (Fsp3) is 0.280. The minimum absolute atomic E-state index is 0. The molecule has 6 rings (SSSR count). The largest absolute Gasteiger partial charge is 0.368 e. The van der Waals surface area contributed by atoms with Crippen LogP contribution in [0.5, 0.6) is 0 Å². The summed E-state index contributed by atoms with van der Waals surface area (Å²) in [6.07, 6.45) is -4.67. The van der Waals surface area contributed by atoms with Gasteiger partial charge in [0.05, 0.1) is 15.8 Å². The molecule has 0 aliphatic heterocycles. The Morgan fingerprint density at radius 1 is 0.258 bits per heavy atom. The van der Waals surface area contributed by atoms with E-state index in [9.17, 15) is 0 Å². The van der Waals surface area contributed by atoms with Crippen LogP contribution in [-0.2, 0) is 55.3 Å². The van der Waals surface area contributed by atoms with E-state index >= 15 is 0 Å². The van der Waals surface area contributed by atoms with Gasteiger partial charge < -0.3 is 40.9 Å². The molecule has 0 unspecified atom stereocenters. The molecule has 0 heterocycles. The Morgan fingerprint density at radius 3 is 0.452 bits per heavy atom. The molecule has 8 N–H and O–H groups in total. The van der Waals surface area contributed by atoms with Gasteiger partial charge in [0, 0.05) is 55.3 Å². The summed E-state index contributed by atoms with van der Waals surface area (Å²) in [5.74, 6) is 0. The van der Waals surface area contributed by atoms with Gasteiger partial charge in [-0.05, 0) is 139 Å². The van der Waals surface area contributed by atoms with Crippen molar-refractivity contribution in [2.75, 3.05) is 0 Å². The summed E-state index contributed by atoms with van der Waals surface area (Å²) in [7, 11) is -1.94. The summed E-state index contributed by atoms with van der Waals surface area (Å²) in [4.78, 5) is 0. The van der Waals surface area contributed by atoms with Crippen LogP contribution < -0.4 is 31.8 Å². The van der Waals surface area contributed by atoms with Gasteiger partial charge in [-0.3, -0.25) is 0 Å². The number of aliphatic hydroxyl groups excluding tert-OH is 4. The van der Waals surface area contributed by atoms with Crippen LogP contribution >= 0.6 is 15.8 Å². The van der Waals surface area contributed by atoms with Gasteiger partial charge in [0.15, 0.2) is 0 Å². The number of rotatable bonds is 6. The molecular formula is C50H68Hg2O8P2+2. The zero-order valence-corrected chi connectivity index (χ0v) is 51.2. The molecule has 8 nitrogen and oxygen atoms in total. The molecule has 0 saturated heterocycles. The van der Waals surface area contributed by atoms with Crippen molar-refractivity contribution >= 4 is 47.7 Å². The van der Waals surface area contributed by atoms with Gasteiger partial charge in [0.25, 0.3) is 0 Å². The molecule has 6 aromatic carbocycles. The van der Waals surface area contributed by atoms with Crippen LogP contribution in [0.2, 0.25) is 0 Å². The Kier molecular flexibility index (Phi) is 34.0. The summed E-state index contributed by atoms with van der Waals surface area (Å²) in [5.41, 5.74) is 8.35. The van der Waals surface area contributed by atoms with Gasteiger partial charge in [-0.2, -0.15) is 0 Å². The van der Waals surface area contributed by atoms with Crippen molar-refractivity contribution in [2.45, 2.75) is 94.4 Å². The summed E-state index contributed by atoms with van der Waals surface area (Å²) >= 11 is 0. The van der Waals surface area contributed by atoms with Crippen LogP contribution in [-0.4, -0.2) is 66.0 Å². The third kappa shape index (κ3) is 24.1. The molecule has 0 aliphatic rings. The first-order valence-corrected chi connectivity index (χ1v) is 22.8. The summed E-state index contributed by atoms with van der Waals surface area (Å²) in [5, 5.41) is 69.9. The first kappa shape index (κ1) is 61.8. The SMILES string of the molecule is CC(O)O.CC(O)O.CC(O)O.CC(O)O.Cc1ccccc1[PH+](c1ccccc1C)c1ccccc1C.Cc1ccccc1[PH+](c1ccccc1C)c1ccccc1C.[Hg].[Hg]. The molecule has 12 heteroatoms. The Labute approximate surface area is 413 Å². The quantitative estimate of drug-likeness (QED) is 0.0620. The van der Waals surface area contributed by atoms with Crippen molar-refractivity contribution in [2.24, 2.45) is 0 Å². The van der Waals surface area contributed by atoms with Gasteiger partial charge in [-0.15, -0.1) is 0 Å². The van der Waals surface area contributed by atoms with Crippen LogP contribution in [0.1, 0.15) is 61.1 Å². The minimum Gasteiger partial charge on any atom is -0.368 e. The summed E-state index contributed by atoms with van der Waals surface area (Å²) in [6.45, 7) is 18.5. The minimum atomic E-state index is -1.17. The van der Waals surface area contributed by atoms with E-state index in [1.165, 1.54) is 92.9 Å². The van der Waals surface area contributed by atoms with Crippen LogP contribution in [0.3, 0.4) is 0 Å². The van der Waals surface area contributed by atoms with Gasteiger partial charge in [0.2, 0.25) is 0 Å². The maximum atomic E-state index is 7.61. The van der Waals surface area contributed by atoms with Gasteiger partial charge in [-0.25, -0.2) is 0 Å². The number of aryl methyl sites for hydroxylation is 6. The van der Waals surface area contributed by atoms with Crippen molar-refractivity contribution < 1.29 is 96.2 Å². The number of benzene rings is 6. The summed E-state index contributed by atoms with van der Waals surface area (Å²) < 4.78 is 0. The molecular weight excluding hydrogens is 1190 g/mol. The molecule has 0 aliphatic carbocycles. The Hall–Kier alpha value is -2.27. The topological polar surface area (TPSA) is 162 Å². The first-order chi connectivity index (χ1) is 28.3. The van der Waals surface area contributed by atoms with Crippen molar-refractivity contribution in [1.29, 1.82) is 0 Å². The smallest absolute Gasteiger partial charge is 0.148 e. The third-order valence-electron chi connectivity index (χ3n) is 8.49. The fourth-order valence-corrected chi connectivity index (χ4v) is 12.2. The average Bonchev–Trinajstić information content (AvgIpc) is 3.16. The van der Waals surface area contributed by atoms with E-state index in [4.69, 9.17) is 40.9 Å². The van der Waals surface area contributed by atoms with Crippen LogP contribution in [0, 0.1) is 41.5 Å². The van der Waals surface area contributed by atoms with Gasteiger partial charge >= 0.3 is 0 Å². The van der Waals surface area contributed by atoms with Crippen LogP contribution in [0.4, 0.5) is 0 Å². The number of hydrogen-bond donors (Lipinski definition) is 8. The Bertz CT molecular complexity index is 1710. The third-order valence-corrected chi connectivity index (χ3v) is 15.1. The second-order valence-electron chi connectivity index (χ2n) is 14.2. The molecule has 0 atom stereocenters. The monoisotopic (exact) mass is 1260 g/mol. The van der Waals surface area contributed by atoms with E-state index in [1.54, 1.807) is 0 Å². The second kappa shape index (κ2) is 34.1. The maximum Gasteiger partial charge on any atom is 0.148 e. The van der Waals surface area contributed by atoms with E-state index in [1.807, 2.05) is 0 Å². The molecule has 0 fully saturated rings. The molecule has 0 bridgehead atoms. The Balaban J connectivity index is 0. The summed E-state index contributed by atoms with van der Waals surface area (Å²) in [6, 6.07) is 53.1. The van der Waals surface area contributed by atoms with E-state index in [2.05, 4.69) is 187 Å². The van der Waals surface area contributed by atoms with Crippen LogP contribution in [0.15, 0.2) is 146 Å². The molecule has 6 aromatic rings. The zero-order chi connectivity index (χ0) is 45.4. The number of hydrogen-bond acceptors (Lipinski definition) is 8. The molecule has 0 aromatic heterocycles. The van der Waals surface area contributed by atoms with Crippen LogP contribution in [0.25, 0.3) is 0 Å². The molecule has 0 radical (unpaired) electrons. The van der Waals surface area contributed by atoms with Crippen molar-refractivity contribution in [3.63, 3.8) is 0 Å². The Morgan fingerprint density at radius 2 is 0.355 bits per heavy atom. The van der Waals surface area contributed by atoms with Gasteiger partial charge in [-0.1, -0.05) is 109 Å². The van der Waals surface area contributed by atoms with E-state index < -0.39 is 41.0 Å². The fourth-order valence-electron chi connectivity index (χ4n) is 5.99. The second-order valence-corrected chi connectivity index (χ2v) is 18.9. The van der Waals surface area contributed by atoms with E-state index in [-0.39, 0.29) is 55.3 Å². The van der Waals surface area contributed by atoms with Gasteiger partial charge in [0.1, 0.15) is 57.0 Å². The molecule has 62 heavy (non-hydrogen) atoms.